The molecule has 8 heteroatoms. The number of nitrogens with one attached hydrogen (secondary N) is 2. The molecule has 1 fully saturated rings. The number of amides is 1. The third-order valence-corrected chi connectivity index (χ3v) is 7.26. The molecule has 3 aromatic rings. The molecular formula is C23H27N3O4S. The van der Waals surface area contributed by atoms with E-state index in [1.807, 2.05) is 12.1 Å². The first kappa shape index (κ1) is 21.5. The molecule has 0 aliphatic heterocycles. The van der Waals surface area contributed by atoms with Crippen molar-refractivity contribution in [2.24, 2.45) is 0 Å². The van der Waals surface area contributed by atoms with Gasteiger partial charge < -0.3 is 15.4 Å². The second kappa shape index (κ2) is 8.09. The number of nitrogens with zero attached hydrogens (tertiary/aromatic N) is 1. The van der Waals surface area contributed by atoms with Gasteiger partial charge in [-0.15, -0.1) is 0 Å². The van der Waals surface area contributed by atoms with E-state index in [0.717, 1.165) is 48.7 Å². The van der Waals surface area contributed by atoms with Crippen molar-refractivity contribution in [3.63, 3.8) is 0 Å². The quantitative estimate of drug-likeness (QED) is 0.557. The lowest BCUT2D eigenvalue weighted by Crippen LogP contribution is -2.42. The number of hydrogen-bond donors (Lipinski definition) is 3. The van der Waals surface area contributed by atoms with E-state index < -0.39 is 21.4 Å². The zero-order valence-corrected chi connectivity index (χ0v) is 18.5. The zero-order chi connectivity index (χ0) is 22.2. The summed E-state index contributed by atoms with van der Waals surface area (Å²) in [5, 5.41) is 12.8. The summed E-state index contributed by atoms with van der Waals surface area (Å²) >= 11 is 0. The average Bonchev–Trinajstić information content (AvgIpc) is 3.17. The molecular weight excluding hydrogens is 414 g/mol. The fourth-order valence-corrected chi connectivity index (χ4v) is 5.01. The molecule has 0 bridgehead atoms. The van der Waals surface area contributed by atoms with Crippen LogP contribution in [0.15, 0.2) is 47.4 Å². The van der Waals surface area contributed by atoms with Crippen molar-refractivity contribution < 1.29 is 18.3 Å². The number of aromatic nitrogens is 2. The van der Waals surface area contributed by atoms with Gasteiger partial charge in [0.2, 0.25) is 5.91 Å². The normalized spacial score (nSPS) is 17.4. The number of sulfone groups is 1. The first-order chi connectivity index (χ1) is 14.7. The number of imidazole rings is 1. The number of aliphatic hydroxyl groups excluding tert-OH is 1. The molecule has 0 radical (unpaired) electrons. The van der Waals surface area contributed by atoms with E-state index in [1.54, 1.807) is 37.3 Å². The number of aliphatic hydroxyl groups is 1. The highest BCUT2D eigenvalue weighted by Crippen LogP contribution is 2.41. The molecule has 1 atom stereocenters. The van der Waals surface area contributed by atoms with Crippen LogP contribution >= 0.6 is 0 Å². The highest BCUT2D eigenvalue weighted by molar-refractivity contribution is 7.90. The summed E-state index contributed by atoms with van der Waals surface area (Å²) in [6.07, 6.45) is 4.88. The van der Waals surface area contributed by atoms with Gasteiger partial charge in [-0.05, 0) is 55.7 Å². The van der Waals surface area contributed by atoms with Gasteiger partial charge in [-0.1, -0.05) is 31.4 Å². The average molecular weight is 442 g/mol. The summed E-state index contributed by atoms with van der Waals surface area (Å²) in [6, 6.07) is 12.1. The Kier molecular flexibility index (Phi) is 5.61. The number of fused-ring (bicyclic) bond motifs is 1. The number of aromatic amines is 1. The first-order valence-corrected chi connectivity index (χ1v) is 12.4. The van der Waals surface area contributed by atoms with Gasteiger partial charge in [0.15, 0.2) is 9.84 Å². The number of rotatable bonds is 5. The smallest absolute Gasteiger partial charge is 0.235 e. The van der Waals surface area contributed by atoms with Crippen LogP contribution < -0.4 is 5.32 Å². The molecule has 1 aromatic heterocycles. The largest absolute Gasteiger partial charge is 0.385 e. The van der Waals surface area contributed by atoms with E-state index in [-0.39, 0.29) is 10.8 Å². The van der Waals surface area contributed by atoms with Crippen LogP contribution in [-0.2, 0) is 20.0 Å². The summed E-state index contributed by atoms with van der Waals surface area (Å²) in [5.41, 5.74) is 2.26. The molecule has 4 rings (SSSR count). The number of H-pyrrole nitrogens is 1. The molecule has 1 saturated carbocycles. The van der Waals surface area contributed by atoms with E-state index >= 15 is 0 Å². The lowest BCUT2D eigenvalue weighted by atomic mass is 9.68. The summed E-state index contributed by atoms with van der Waals surface area (Å²) in [7, 11) is -3.29. The van der Waals surface area contributed by atoms with Gasteiger partial charge in [-0.25, -0.2) is 13.4 Å². The zero-order valence-electron chi connectivity index (χ0n) is 17.7. The van der Waals surface area contributed by atoms with Crippen molar-refractivity contribution in [2.75, 3.05) is 11.6 Å². The molecule has 2 aromatic carbocycles. The number of benzene rings is 2. The van der Waals surface area contributed by atoms with Crippen LogP contribution in [0.25, 0.3) is 11.0 Å². The van der Waals surface area contributed by atoms with Gasteiger partial charge in [0.05, 0.1) is 21.3 Å². The SMILES string of the molecule is CC(O)c1nc2ccc(NC(=O)C3(c4ccc(S(C)(=O)=O)cc4)CCCCC3)cc2[nH]1. The molecule has 1 aliphatic carbocycles. The summed E-state index contributed by atoms with van der Waals surface area (Å²) in [5.74, 6) is 0.391. The fourth-order valence-electron chi connectivity index (χ4n) is 4.38. The molecule has 1 heterocycles. The fraction of sp³-hybridized carbons (Fsp3) is 0.391. The van der Waals surface area contributed by atoms with Crippen molar-refractivity contribution in [1.29, 1.82) is 0 Å². The van der Waals surface area contributed by atoms with Crippen molar-refractivity contribution in [3.8, 4) is 0 Å². The van der Waals surface area contributed by atoms with E-state index in [4.69, 9.17) is 0 Å². The Bertz CT molecular complexity index is 1210. The van der Waals surface area contributed by atoms with Crippen molar-refractivity contribution in [1.82, 2.24) is 9.97 Å². The minimum Gasteiger partial charge on any atom is -0.385 e. The number of carbonyl (C=O) groups excluding carboxylic acids is 1. The highest BCUT2D eigenvalue weighted by Gasteiger charge is 2.41. The maximum Gasteiger partial charge on any atom is 0.235 e. The van der Waals surface area contributed by atoms with E-state index in [9.17, 15) is 18.3 Å². The van der Waals surface area contributed by atoms with Crippen molar-refractivity contribution in [3.05, 3.63) is 53.9 Å². The molecule has 3 N–H and O–H groups in total. The van der Waals surface area contributed by atoms with E-state index in [2.05, 4.69) is 15.3 Å². The van der Waals surface area contributed by atoms with Gasteiger partial charge in [-0.3, -0.25) is 4.79 Å². The minimum absolute atomic E-state index is 0.0890. The van der Waals surface area contributed by atoms with Crippen LogP contribution in [0.2, 0.25) is 0 Å². The van der Waals surface area contributed by atoms with Crippen LogP contribution in [0.3, 0.4) is 0 Å². The Morgan fingerprint density at radius 3 is 2.42 bits per heavy atom. The molecule has 31 heavy (non-hydrogen) atoms. The number of carbonyl (C=O) groups is 1. The lowest BCUT2D eigenvalue weighted by Gasteiger charge is -2.36. The standard InChI is InChI=1S/C23H27N3O4S/c1-15(27)21-25-19-11-8-17(14-20(19)26-21)24-22(28)23(12-4-3-5-13-23)16-6-9-18(10-7-16)31(2,29)30/h6-11,14-15,27H,3-5,12-13H2,1-2H3,(H,24,28)(H,25,26). The van der Waals surface area contributed by atoms with Crippen molar-refractivity contribution in [2.45, 2.75) is 55.4 Å². The summed E-state index contributed by atoms with van der Waals surface area (Å²) in [6.45, 7) is 1.64. The van der Waals surface area contributed by atoms with Gasteiger partial charge in [0.25, 0.3) is 0 Å². The van der Waals surface area contributed by atoms with Gasteiger partial charge in [-0.2, -0.15) is 0 Å². The summed E-state index contributed by atoms with van der Waals surface area (Å²) < 4.78 is 23.6. The van der Waals surface area contributed by atoms with Crippen LogP contribution in [-0.4, -0.2) is 35.7 Å². The van der Waals surface area contributed by atoms with E-state index in [1.165, 1.54) is 6.26 Å². The van der Waals surface area contributed by atoms with Crippen LogP contribution in [0.1, 0.15) is 56.5 Å². The molecule has 164 valence electrons. The number of hydrogen-bond acceptors (Lipinski definition) is 5. The predicted octanol–water partition coefficient (Wildman–Crippen LogP) is 3.86. The second-order valence-electron chi connectivity index (χ2n) is 8.42. The topological polar surface area (TPSA) is 112 Å². The molecule has 7 nitrogen and oxygen atoms in total. The minimum atomic E-state index is -3.29. The maximum absolute atomic E-state index is 13.5. The molecule has 1 unspecified atom stereocenters. The molecule has 0 spiro atoms. The number of anilines is 1. The van der Waals surface area contributed by atoms with Crippen molar-refractivity contribution >= 4 is 32.5 Å². The Labute approximate surface area is 181 Å². The summed E-state index contributed by atoms with van der Waals surface area (Å²) in [4.78, 5) is 21.2. The maximum atomic E-state index is 13.5. The predicted molar refractivity (Wildman–Crippen MR) is 120 cm³/mol. The Balaban J connectivity index is 1.65. The monoisotopic (exact) mass is 441 g/mol. The third kappa shape index (κ3) is 4.22. The third-order valence-electron chi connectivity index (χ3n) is 6.13. The van der Waals surface area contributed by atoms with Crippen LogP contribution in [0.5, 0.6) is 0 Å². The van der Waals surface area contributed by atoms with Gasteiger partial charge in [0.1, 0.15) is 11.9 Å². The van der Waals surface area contributed by atoms with Gasteiger partial charge >= 0.3 is 0 Å². The molecule has 1 amide bonds. The highest BCUT2D eigenvalue weighted by atomic mass is 32.2. The Hall–Kier alpha value is -2.71. The van der Waals surface area contributed by atoms with Crippen LogP contribution in [0.4, 0.5) is 5.69 Å². The Morgan fingerprint density at radius 1 is 1.13 bits per heavy atom. The van der Waals surface area contributed by atoms with Crippen LogP contribution in [0, 0.1) is 0 Å². The molecule has 0 saturated heterocycles. The molecule has 1 aliphatic rings. The Morgan fingerprint density at radius 2 is 1.81 bits per heavy atom. The second-order valence-corrected chi connectivity index (χ2v) is 10.4. The van der Waals surface area contributed by atoms with E-state index in [0.29, 0.717) is 11.5 Å². The lowest BCUT2D eigenvalue weighted by molar-refractivity contribution is -0.122. The first-order valence-electron chi connectivity index (χ1n) is 10.5. The van der Waals surface area contributed by atoms with Gasteiger partial charge in [0, 0.05) is 11.9 Å².